The van der Waals surface area contributed by atoms with E-state index in [-0.39, 0.29) is 21.9 Å². The SMILES string of the molecule is CN(C1CCCCC1)S(=O)(=O)c1cccc2c(S(=O)(=O)N(C)C3CCCCC3)cccc12. The molecule has 2 aliphatic carbocycles. The van der Waals surface area contributed by atoms with E-state index in [0.717, 1.165) is 64.2 Å². The van der Waals surface area contributed by atoms with Gasteiger partial charge >= 0.3 is 0 Å². The van der Waals surface area contributed by atoms with Crippen molar-refractivity contribution in [3.63, 3.8) is 0 Å². The Balaban J connectivity index is 1.76. The number of benzene rings is 2. The van der Waals surface area contributed by atoms with Crippen molar-refractivity contribution >= 4 is 30.8 Å². The van der Waals surface area contributed by atoms with Crippen LogP contribution in [-0.4, -0.2) is 51.6 Å². The zero-order valence-corrected chi connectivity index (χ0v) is 20.7. The van der Waals surface area contributed by atoms with Crippen molar-refractivity contribution in [2.75, 3.05) is 14.1 Å². The molecular formula is C24H34N2O4S2. The maximum atomic E-state index is 13.6. The number of hydrogen-bond acceptors (Lipinski definition) is 4. The van der Waals surface area contributed by atoms with Crippen LogP contribution in [0.15, 0.2) is 46.2 Å². The summed E-state index contributed by atoms with van der Waals surface area (Å²) in [6.45, 7) is 0. The molecule has 0 N–H and O–H groups in total. The molecule has 32 heavy (non-hydrogen) atoms. The van der Waals surface area contributed by atoms with Gasteiger partial charge in [0.2, 0.25) is 20.0 Å². The van der Waals surface area contributed by atoms with Crippen molar-refractivity contribution in [1.29, 1.82) is 0 Å². The van der Waals surface area contributed by atoms with Gasteiger partial charge in [0.1, 0.15) is 0 Å². The smallest absolute Gasteiger partial charge is 0.207 e. The van der Waals surface area contributed by atoms with Gasteiger partial charge in [-0.05, 0) is 37.8 Å². The molecule has 0 spiro atoms. The quantitative estimate of drug-likeness (QED) is 0.601. The molecule has 0 aliphatic heterocycles. The Kier molecular flexibility index (Phi) is 6.96. The van der Waals surface area contributed by atoms with E-state index in [2.05, 4.69) is 0 Å². The van der Waals surface area contributed by atoms with Gasteiger partial charge in [-0.2, -0.15) is 8.61 Å². The molecule has 0 bridgehead atoms. The molecule has 2 aromatic rings. The first-order valence-electron chi connectivity index (χ1n) is 11.7. The molecule has 2 saturated carbocycles. The van der Waals surface area contributed by atoms with Gasteiger partial charge in [-0.1, -0.05) is 62.8 Å². The van der Waals surface area contributed by atoms with Crippen LogP contribution in [0.2, 0.25) is 0 Å². The lowest BCUT2D eigenvalue weighted by Gasteiger charge is -2.31. The molecule has 0 aromatic heterocycles. The van der Waals surface area contributed by atoms with E-state index >= 15 is 0 Å². The maximum absolute atomic E-state index is 13.6. The highest BCUT2D eigenvalue weighted by Gasteiger charge is 2.33. The number of rotatable bonds is 6. The molecule has 0 radical (unpaired) electrons. The molecular weight excluding hydrogens is 444 g/mol. The van der Waals surface area contributed by atoms with Crippen molar-refractivity contribution in [2.45, 2.75) is 86.1 Å². The van der Waals surface area contributed by atoms with Crippen LogP contribution in [0.25, 0.3) is 10.8 Å². The first kappa shape index (κ1) is 23.7. The van der Waals surface area contributed by atoms with Crippen molar-refractivity contribution in [3.05, 3.63) is 36.4 Å². The summed E-state index contributed by atoms with van der Waals surface area (Å²) < 4.78 is 57.2. The zero-order chi connectivity index (χ0) is 22.9. The minimum Gasteiger partial charge on any atom is -0.207 e. The predicted molar refractivity (Wildman–Crippen MR) is 128 cm³/mol. The van der Waals surface area contributed by atoms with E-state index in [0.29, 0.717) is 10.8 Å². The molecule has 4 rings (SSSR count). The van der Waals surface area contributed by atoms with Gasteiger partial charge in [0, 0.05) is 37.0 Å². The van der Waals surface area contributed by atoms with Crippen LogP contribution >= 0.6 is 0 Å². The van der Waals surface area contributed by atoms with Crippen molar-refractivity contribution in [3.8, 4) is 0 Å². The van der Waals surface area contributed by atoms with Gasteiger partial charge in [-0.25, -0.2) is 16.8 Å². The van der Waals surface area contributed by atoms with E-state index in [1.807, 2.05) is 0 Å². The Morgan fingerprint density at radius 2 is 0.938 bits per heavy atom. The monoisotopic (exact) mass is 478 g/mol. The van der Waals surface area contributed by atoms with Gasteiger partial charge in [0.25, 0.3) is 0 Å². The summed E-state index contributed by atoms with van der Waals surface area (Å²) >= 11 is 0. The second-order valence-corrected chi connectivity index (χ2v) is 13.2. The molecule has 2 aromatic carbocycles. The molecule has 0 amide bonds. The van der Waals surface area contributed by atoms with Crippen LogP contribution in [0.1, 0.15) is 64.2 Å². The van der Waals surface area contributed by atoms with Crippen molar-refractivity contribution in [1.82, 2.24) is 8.61 Å². The largest absolute Gasteiger partial charge is 0.243 e. The fourth-order valence-corrected chi connectivity index (χ4v) is 8.53. The highest BCUT2D eigenvalue weighted by Crippen LogP contribution is 2.34. The fraction of sp³-hybridized carbons (Fsp3) is 0.583. The molecule has 0 saturated heterocycles. The maximum Gasteiger partial charge on any atom is 0.243 e. The number of hydrogen-bond donors (Lipinski definition) is 0. The van der Waals surface area contributed by atoms with Crippen LogP contribution in [0.4, 0.5) is 0 Å². The van der Waals surface area contributed by atoms with E-state index in [1.54, 1.807) is 50.5 Å². The van der Waals surface area contributed by atoms with Crippen LogP contribution in [0, 0.1) is 0 Å². The lowest BCUT2D eigenvalue weighted by Crippen LogP contribution is -2.38. The number of sulfonamides is 2. The summed E-state index contributed by atoms with van der Waals surface area (Å²) in [5.74, 6) is 0. The normalized spacial score (nSPS) is 19.8. The first-order chi connectivity index (χ1) is 15.2. The summed E-state index contributed by atoms with van der Waals surface area (Å²) in [5, 5.41) is 0.932. The lowest BCUT2D eigenvalue weighted by atomic mass is 9.96. The molecule has 0 atom stereocenters. The third-order valence-electron chi connectivity index (χ3n) is 7.33. The minimum absolute atomic E-state index is 0.00615. The fourth-order valence-electron chi connectivity index (χ4n) is 5.29. The molecule has 2 fully saturated rings. The van der Waals surface area contributed by atoms with Gasteiger partial charge in [-0.15, -0.1) is 0 Å². The average molecular weight is 479 g/mol. The second-order valence-electron chi connectivity index (χ2n) is 9.23. The standard InChI is InChI=1S/C24H34N2O4S2/c1-25(19-11-5-3-6-12-19)31(27,28)23-17-9-16-22-21(23)15-10-18-24(22)32(29,30)26(2)20-13-7-4-8-14-20/h9-10,15-20H,3-8,11-14H2,1-2H3. The van der Waals surface area contributed by atoms with Crippen LogP contribution < -0.4 is 0 Å². The molecule has 176 valence electrons. The van der Waals surface area contributed by atoms with E-state index < -0.39 is 20.0 Å². The Bertz CT molecular complexity index is 1070. The third-order valence-corrected chi connectivity index (χ3v) is 11.3. The van der Waals surface area contributed by atoms with Gasteiger partial charge < -0.3 is 0 Å². The summed E-state index contributed by atoms with van der Waals surface area (Å²) in [4.78, 5) is 0.362. The summed E-state index contributed by atoms with van der Waals surface area (Å²) in [6, 6.07) is 9.93. The van der Waals surface area contributed by atoms with Gasteiger partial charge in [0.15, 0.2) is 0 Å². The number of nitrogens with zero attached hydrogens (tertiary/aromatic N) is 2. The lowest BCUT2D eigenvalue weighted by molar-refractivity contribution is 0.285. The Morgan fingerprint density at radius 1 is 0.594 bits per heavy atom. The Hall–Kier alpha value is -1.48. The minimum atomic E-state index is -3.74. The third kappa shape index (κ3) is 4.34. The highest BCUT2D eigenvalue weighted by atomic mass is 32.2. The van der Waals surface area contributed by atoms with Crippen LogP contribution in [0.3, 0.4) is 0 Å². The van der Waals surface area contributed by atoms with E-state index in [9.17, 15) is 16.8 Å². The summed E-state index contributed by atoms with van der Waals surface area (Å²) in [6.07, 6.45) is 9.91. The highest BCUT2D eigenvalue weighted by molar-refractivity contribution is 7.89. The van der Waals surface area contributed by atoms with E-state index in [4.69, 9.17) is 0 Å². The molecule has 2 aliphatic rings. The predicted octanol–water partition coefficient (Wildman–Crippen LogP) is 4.75. The van der Waals surface area contributed by atoms with Crippen LogP contribution in [-0.2, 0) is 20.0 Å². The Morgan fingerprint density at radius 3 is 1.28 bits per heavy atom. The van der Waals surface area contributed by atoms with Crippen molar-refractivity contribution in [2.24, 2.45) is 0 Å². The summed E-state index contributed by atoms with van der Waals surface area (Å²) in [7, 11) is -4.18. The van der Waals surface area contributed by atoms with E-state index in [1.165, 1.54) is 8.61 Å². The topological polar surface area (TPSA) is 74.8 Å². The molecule has 8 heteroatoms. The van der Waals surface area contributed by atoms with Crippen LogP contribution in [0.5, 0.6) is 0 Å². The molecule has 0 heterocycles. The average Bonchev–Trinajstić information content (AvgIpc) is 2.83. The van der Waals surface area contributed by atoms with Crippen molar-refractivity contribution < 1.29 is 16.8 Å². The first-order valence-corrected chi connectivity index (χ1v) is 14.6. The molecule has 0 unspecified atom stereocenters. The van der Waals surface area contributed by atoms with Gasteiger partial charge in [-0.3, -0.25) is 0 Å². The van der Waals surface area contributed by atoms with Gasteiger partial charge in [0.05, 0.1) is 9.79 Å². The molecule has 6 nitrogen and oxygen atoms in total. The number of fused-ring (bicyclic) bond motifs is 1. The Labute approximate surface area is 192 Å². The summed E-state index contributed by atoms with van der Waals surface area (Å²) in [5.41, 5.74) is 0. The zero-order valence-electron chi connectivity index (χ0n) is 19.0. The second kappa shape index (κ2) is 9.41.